The van der Waals surface area contributed by atoms with Crippen molar-refractivity contribution in [1.82, 2.24) is 0 Å². The van der Waals surface area contributed by atoms with Gasteiger partial charge in [0.2, 0.25) is 0 Å². The van der Waals surface area contributed by atoms with Gasteiger partial charge in [0.05, 0.1) is 16.9 Å². The van der Waals surface area contributed by atoms with Crippen molar-refractivity contribution in [3.05, 3.63) is 102 Å². The molecule has 1 heterocycles. The monoisotopic (exact) mass is 404 g/mol. The van der Waals surface area contributed by atoms with E-state index in [1.807, 2.05) is 79.7 Å². The predicted octanol–water partition coefficient (Wildman–Crippen LogP) is 5.88. The number of nitrogens with zero attached hydrogens (tertiary/aromatic N) is 1. The fraction of sp³-hybridized carbons (Fsp3) is 0.0370. The largest absolute Gasteiger partial charge is 0.355 e. The maximum absolute atomic E-state index is 12.8. The van der Waals surface area contributed by atoms with Gasteiger partial charge in [-0.05, 0) is 55.5 Å². The van der Waals surface area contributed by atoms with Gasteiger partial charge < -0.3 is 5.32 Å². The molecule has 0 radical (unpaired) electrons. The van der Waals surface area contributed by atoms with Crippen LogP contribution in [0.4, 0.5) is 22.7 Å². The molecule has 0 fully saturated rings. The summed E-state index contributed by atoms with van der Waals surface area (Å²) in [6.07, 6.45) is 11.4. The van der Waals surface area contributed by atoms with Crippen molar-refractivity contribution in [3.8, 4) is 12.3 Å². The van der Waals surface area contributed by atoms with Crippen LogP contribution in [0.3, 0.4) is 0 Å². The predicted molar refractivity (Wildman–Crippen MR) is 126 cm³/mol. The van der Waals surface area contributed by atoms with Crippen molar-refractivity contribution in [2.45, 2.75) is 6.92 Å². The molecule has 150 valence electrons. The van der Waals surface area contributed by atoms with E-state index >= 15 is 0 Å². The number of rotatable bonds is 5. The number of hydrogen-bond acceptors (Lipinski definition) is 3. The Bertz CT molecular complexity index is 1260. The summed E-state index contributed by atoms with van der Waals surface area (Å²) in [7, 11) is 0. The normalized spacial score (nSPS) is 13.4. The Kier molecular flexibility index (Phi) is 5.51. The van der Waals surface area contributed by atoms with Gasteiger partial charge in [-0.25, -0.2) is 0 Å². The minimum absolute atomic E-state index is 0.405. The molecule has 3 aromatic rings. The zero-order chi connectivity index (χ0) is 21.8. The number of para-hydroxylation sites is 2. The molecule has 4 nitrogen and oxygen atoms in total. The molecule has 4 rings (SSSR count). The topological polar surface area (TPSA) is 49.4 Å². The Labute approximate surface area is 181 Å². The van der Waals surface area contributed by atoms with E-state index < -0.39 is 11.7 Å². The van der Waals surface area contributed by atoms with Crippen LogP contribution in [0.25, 0.3) is 5.57 Å². The van der Waals surface area contributed by atoms with Crippen LogP contribution in [0.2, 0.25) is 0 Å². The molecule has 0 unspecified atom stereocenters. The zero-order valence-electron chi connectivity index (χ0n) is 17.0. The van der Waals surface area contributed by atoms with Crippen LogP contribution >= 0.6 is 0 Å². The average molecular weight is 404 g/mol. The Morgan fingerprint density at radius 2 is 1.74 bits per heavy atom. The second-order valence-electron chi connectivity index (χ2n) is 6.96. The van der Waals surface area contributed by atoms with Crippen LogP contribution in [0.1, 0.15) is 22.8 Å². The van der Waals surface area contributed by atoms with Crippen LogP contribution in [0, 0.1) is 12.3 Å². The van der Waals surface area contributed by atoms with Crippen LogP contribution in [-0.2, 0) is 4.79 Å². The number of fused-ring (bicyclic) bond motifs is 1. The highest BCUT2D eigenvalue weighted by molar-refractivity contribution is 6.53. The second-order valence-corrected chi connectivity index (χ2v) is 6.96. The summed E-state index contributed by atoms with van der Waals surface area (Å²) in [6, 6.07) is 22.3. The average Bonchev–Trinajstić information content (AvgIpc) is 3.06. The number of nitrogens with one attached hydrogen (secondary N) is 1. The summed E-state index contributed by atoms with van der Waals surface area (Å²) < 4.78 is 0. The molecular formula is C27H20N2O2. The van der Waals surface area contributed by atoms with E-state index in [0.29, 0.717) is 22.5 Å². The van der Waals surface area contributed by atoms with Crippen molar-refractivity contribution in [2.24, 2.45) is 0 Å². The summed E-state index contributed by atoms with van der Waals surface area (Å²) in [6.45, 7) is 1.91. The van der Waals surface area contributed by atoms with Gasteiger partial charge in [0.15, 0.2) is 0 Å². The van der Waals surface area contributed by atoms with Crippen molar-refractivity contribution in [2.75, 3.05) is 10.2 Å². The Hall–Kier alpha value is -4.36. The van der Waals surface area contributed by atoms with Gasteiger partial charge in [0.25, 0.3) is 5.78 Å². The molecule has 3 aromatic carbocycles. The lowest BCUT2D eigenvalue weighted by molar-refractivity contribution is -0.113. The van der Waals surface area contributed by atoms with Gasteiger partial charge in [-0.1, -0.05) is 48.4 Å². The lowest BCUT2D eigenvalue weighted by Crippen LogP contribution is -2.24. The Morgan fingerprint density at radius 3 is 2.48 bits per heavy atom. The van der Waals surface area contributed by atoms with Crippen molar-refractivity contribution in [1.29, 1.82) is 0 Å². The number of hydrogen-bond donors (Lipinski definition) is 1. The third kappa shape index (κ3) is 3.77. The third-order valence-corrected chi connectivity index (χ3v) is 5.00. The molecule has 0 saturated carbocycles. The molecule has 0 spiro atoms. The molecule has 1 N–H and O–H groups in total. The number of carbonyl (C=O) groups excluding carboxylic acids is 2. The number of anilines is 4. The molecule has 0 aromatic heterocycles. The number of amides is 1. The van der Waals surface area contributed by atoms with Gasteiger partial charge in [0, 0.05) is 22.5 Å². The Balaban J connectivity index is 1.85. The van der Waals surface area contributed by atoms with Crippen molar-refractivity contribution in [3.63, 3.8) is 0 Å². The number of ketones is 1. The molecule has 4 heteroatoms. The molecule has 31 heavy (non-hydrogen) atoms. The minimum atomic E-state index is -0.574. The smallest absolute Gasteiger partial charge is 0.304 e. The SMILES string of the molecule is C#C/C(=C\C=C/C)c1cc(N2C(=O)C(=O)c3ccccc32)ccc1Nc1ccccc1. The van der Waals surface area contributed by atoms with Crippen LogP contribution < -0.4 is 10.2 Å². The number of allylic oxidation sites excluding steroid dienone is 4. The summed E-state index contributed by atoms with van der Waals surface area (Å²) in [4.78, 5) is 26.6. The molecule has 0 bridgehead atoms. The molecule has 1 amide bonds. The first-order valence-corrected chi connectivity index (χ1v) is 9.88. The van der Waals surface area contributed by atoms with Crippen LogP contribution in [-0.4, -0.2) is 11.7 Å². The van der Waals surface area contributed by atoms with E-state index in [2.05, 4.69) is 11.2 Å². The van der Waals surface area contributed by atoms with E-state index in [4.69, 9.17) is 6.42 Å². The standard InChI is InChI=1S/C27H20N2O2/c1-3-5-11-19(4-2)23-18-21(16-17-24(23)28-20-12-7-6-8-13-20)29-25-15-10-9-14-22(25)26(30)27(29)31/h2-3,5-18,28H,1H3/b5-3-,19-11+. The molecule has 0 atom stereocenters. The van der Waals surface area contributed by atoms with E-state index in [9.17, 15) is 9.59 Å². The summed E-state index contributed by atoms with van der Waals surface area (Å²) in [5.74, 6) is 1.65. The first-order valence-electron chi connectivity index (χ1n) is 9.88. The van der Waals surface area contributed by atoms with Gasteiger partial charge >= 0.3 is 5.91 Å². The molecule has 1 aliphatic heterocycles. The first kappa shape index (κ1) is 19.9. The quantitative estimate of drug-likeness (QED) is 0.328. The highest BCUT2D eigenvalue weighted by Gasteiger charge is 2.36. The number of Topliss-reactive ketones (excluding diaryl/α,β-unsaturated/α-hetero) is 1. The zero-order valence-corrected chi connectivity index (χ0v) is 17.0. The van der Waals surface area contributed by atoms with Gasteiger partial charge in [0.1, 0.15) is 0 Å². The number of terminal acetylenes is 1. The lowest BCUT2D eigenvalue weighted by Gasteiger charge is -2.20. The minimum Gasteiger partial charge on any atom is -0.355 e. The van der Waals surface area contributed by atoms with Crippen LogP contribution in [0.15, 0.2) is 91.0 Å². The van der Waals surface area contributed by atoms with Gasteiger partial charge in [-0.2, -0.15) is 0 Å². The second kappa shape index (κ2) is 8.56. The fourth-order valence-corrected chi connectivity index (χ4v) is 3.53. The fourth-order valence-electron chi connectivity index (χ4n) is 3.53. The first-order chi connectivity index (χ1) is 15.1. The molecule has 0 saturated heterocycles. The van der Waals surface area contributed by atoms with E-state index in [1.165, 1.54) is 4.90 Å². The van der Waals surface area contributed by atoms with Gasteiger partial charge in [-0.3, -0.25) is 14.5 Å². The summed E-state index contributed by atoms with van der Waals surface area (Å²) in [5, 5.41) is 3.39. The van der Waals surface area contributed by atoms with Crippen molar-refractivity contribution < 1.29 is 9.59 Å². The summed E-state index contributed by atoms with van der Waals surface area (Å²) in [5.41, 5.74) is 4.69. The molecule has 0 aliphatic carbocycles. The Morgan fingerprint density at radius 1 is 1.00 bits per heavy atom. The van der Waals surface area contributed by atoms with E-state index in [1.54, 1.807) is 18.2 Å². The van der Waals surface area contributed by atoms with E-state index in [-0.39, 0.29) is 0 Å². The maximum Gasteiger partial charge on any atom is 0.304 e. The molecular weight excluding hydrogens is 384 g/mol. The maximum atomic E-state index is 12.8. The van der Waals surface area contributed by atoms with E-state index in [0.717, 1.165) is 16.9 Å². The highest BCUT2D eigenvalue weighted by Crippen LogP contribution is 2.38. The highest BCUT2D eigenvalue weighted by atomic mass is 16.2. The third-order valence-electron chi connectivity index (χ3n) is 5.00. The van der Waals surface area contributed by atoms with Crippen molar-refractivity contribution >= 4 is 40.0 Å². The number of benzene rings is 3. The van der Waals surface area contributed by atoms with Gasteiger partial charge in [-0.15, -0.1) is 6.42 Å². The lowest BCUT2D eigenvalue weighted by atomic mass is 10.0. The number of carbonyl (C=O) groups is 2. The molecule has 1 aliphatic rings. The summed E-state index contributed by atoms with van der Waals surface area (Å²) >= 11 is 0. The van der Waals surface area contributed by atoms with Crippen LogP contribution in [0.5, 0.6) is 0 Å².